The first-order valence-electron chi connectivity index (χ1n) is 7.15. The largest absolute Gasteiger partial charge is 0.350 e. The molecule has 2 rings (SSSR count). The van der Waals surface area contributed by atoms with E-state index in [4.69, 9.17) is 0 Å². The lowest BCUT2D eigenvalue weighted by Gasteiger charge is -2.07. The number of rotatable bonds is 7. The minimum Gasteiger partial charge on any atom is -0.350 e. The smallest absolute Gasteiger partial charge is 0.261 e. The fraction of sp³-hybridized carbons (Fsp3) is 0.188. The predicted molar refractivity (Wildman–Crippen MR) is 95.7 cm³/mol. The van der Waals surface area contributed by atoms with Crippen molar-refractivity contribution in [2.75, 3.05) is 13.1 Å². The molecular formula is C16H16BrN3O3S. The summed E-state index contributed by atoms with van der Waals surface area (Å²) in [6, 6.07) is 12.9. The first kappa shape index (κ1) is 18.2. The molecule has 1 aromatic carbocycles. The summed E-state index contributed by atoms with van der Waals surface area (Å²) in [5.74, 6) is -1.04. The maximum Gasteiger partial charge on any atom is 0.261 e. The maximum absolute atomic E-state index is 11.8. The van der Waals surface area contributed by atoms with Gasteiger partial charge in [0.1, 0.15) is 0 Å². The van der Waals surface area contributed by atoms with E-state index in [-0.39, 0.29) is 24.9 Å². The lowest BCUT2D eigenvalue weighted by molar-refractivity contribution is -0.125. The number of amides is 3. The van der Waals surface area contributed by atoms with E-state index < -0.39 is 5.91 Å². The Kier molecular flexibility index (Phi) is 6.95. The molecule has 0 aliphatic rings. The van der Waals surface area contributed by atoms with Gasteiger partial charge in [-0.1, -0.05) is 30.3 Å². The third-order valence-corrected chi connectivity index (χ3v) is 4.61. The second-order valence-corrected chi connectivity index (χ2v) is 7.29. The SMILES string of the molecule is O=C(CNC(=O)CNC(=O)c1ccc(Br)s1)NCc1ccccc1. The van der Waals surface area contributed by atoms with Crippen LogP contribution < -0.4 is 16.0 Å². The quantitative estimate of drug-likeness (QED) is 0.649. The van der Waals surface area contributed by atoms with Gasteiger partial charge in [0.05, 0.1) is 21.8 Å². The summed E-state index contributed by atoms with van der Waals surface area (Å²) in [5.41, 5.74) is 0.978. The average molecular weight is 410 g/mol. The molecule has 0 unspecified atom stereocenters. The molecule has 126 valence electrons. The zero-order valence-electron chi connectivity index (χ0n) is 12.7. The van der Waals surface area contributed by atoms with Crippen LogP contribution in [0.4, 0.5) is 0 Å². The van der Waals surface area contributed by atoms with Gasteiger partial charge < -0.3 is 16.0 Å². The number of thiophene rings is 1. The van der Waals surface area contributed by atoms with E-state index in [2.05, 4.69) is 31.9 Å². The van der Waals surface area contributed by atoms with Gasteiger partial charge in [0, 0.05) is 6.54 Å². The highest BCUT2D eigenvalue weighted by Crippen LogP contribution is 2.21. The Morgan fingerprint density at radius 2 is 1.54 bits per heavy atom. The number of hydrogen-bond donors (Lipinski definition) is 3. The Labute approximate surface area is 151 Å². The van der Waals surface area contributed by atoms with Crippen molar-refractivity contribution in [3.63, 3.8) is 0 Å². The molecule has 1 heterocycles. The number of nitrogens with one attached hydrogen (secondary N) is 3. The Hall–Kier alpha value is -2.19. The summed E-state index contributed by atoms with van der Waals surface area (Å²) in [6.45, 7) is 0.0892. The highest BCUT2D eigenvalue weighted by Gasteiger charge is 2.11. The summed E-state index contributed by atoms with van der Waals surface area (Å²) < 4.78 is 0.840. The minimum absolute atomic E-state index is 0.133. The Bertz CT molecular complexity index is 718. The van der Waals surface area contributed by atoms with E-state index in [0.717, 1.165) is 9.35 Å². The summed E-state index contributed by atoms with van der Waals surface area (Å²) >= 11 is 4.55. The minimum atomic E-state index is -0.422. The number of hydrogen-bond acceptors (Lipinski definition) is 4. The lowest BCUT2D eigenvalue weighted by Crippen LogP contribution is -2.41. The van der Waals surface area contributed by atoms with Crippen molar-refractivity contribution in [2.24, 2.45) is 0 Å². The molecule has 2 aromatic rings. The van der Waals surface area contributed by atoms with Crippen molar-refractivity contribution in [2.45, 2.75) is 6.54 Å². The van der Waals surface area contributed by atoms with Gasteiger partial charge in [0.2, 0.25) is 11.8 Å². The predicted octanol–water partition coefficient (Wildman–Crippen LogP) is 1.67. The number of halogens is 1. The molecule has 6 nitrogen and oxygen atoms in total. The molecule has 0 saturated carbocycles. The van der Waals surface area contributed by atoms with Crippen LogP contribution in [0.2, 0.25) is 0 Å². The van der Waals surface area contributed by atoms with Gasteiger partial charge >= 0.3 is 0 Å². The fourth-order valence-electron chi connectivity index (χ4n) is 1.78. The van der Waals surface area contributed by atoms with Crippen LogP contribution in [0, 0.1) is 0 Å². The normalized spacial score (nSPS) is 10.0. The van der Waals surface area contributed by atoms with Crippen molar-refractivity contribution in [3.8, 4) is 0 Å². The first-order chi connectivity index (χ1) is 11.5. The first-order valence-corrected chi connectivity index (χ1v) is 8.76. The molecule has 0 spiro atoms. The van der Waals surface area contributed by atoms with Gasteiger partial charge in [0.25, 0.3) is 5.91 Å². The molecule has 3 amide bonds. The second kappa shape index (κ2) is 9.19. The summed E-state index contributed by atoms with van der Waals surface area (Å²) in [7, 11) is 0. The molecule has 0 aliphatic carbocycles. The van der Waals surface area contributed by atoms with Crippen molar-refractivity contribution < 1.29 is 14.4 Å². The second-order valence-electron chi connectivity index (χ2n) is 4.83. The van der Waals surface area contributed by atoms with Gasteiger partial charge in [-0.15, -0.1) is 11.3 Å². The molecule has 0 bridgehead atoms. The van der Waals surface area contributed by atoms with Crippen molar-refractivity contribution in [1.29, 1.82) is 0 Å². The Morgan fingerprint density at radius 3 is 2.21 bits per heavy atom. The van der Waals surface area contributed by atoms with Crippen LogP contribution in [0.5, 0.6) is 0 Å². The van der Waals surface area contributed by atoms with Crippen LogP contribution in [-0.2, 0) is 16.1 Å². The van der Waals surface area contributed by atoms with Gasteiger partial charge in [-0.05, 0) is 33.6 Å². The molecule has 0 saturated heterocycles. The van der Waals surface area contributed by atoms with Crippen LogP contribution in [0.1, 0.15) is 15.2 Å². The van der Waals surface area contributed by atoms with Crippen LogP contribution in [0.15, 0.2) is 46.3 Å². The van der Waals surface area contributed by atoms with Gasteiger partial charge in [0.15, 0.2) is 0 Å². The molecule has 0 atom stereocenters. The Morgan fingerprint density at radius 1 is 0.875 bits per heavy atom. The van der Waals surface area contributed by atoms with Crippen molar-refractivity contribution in [1.82, 2.24) is 16.0 Å². The fourth-order valence-corrected chi connectivity index (χ4v) is 3.09. The summed E-state index contributed by atoms with van der Waals surface area (Å²) in [4.78, 5) is 35.6. The molecule has 0 fully saturated rings. The van der Waals surface area contributed by atoms with Crippen LogP contribution >= 0.6 is 27.3 Å². The van der Waals surface area contributed by atoms with Gasteiger partial charge in [-0.3, -0.25) is 14.4 Å². The van der Waals surface area contributed by atoms with E-state index in [1.54, 1.807) is 12.1 Å². The summed E-state index contributed by atoms with van der Waals surface area (Å²) in [6.07, 6.45) is 0. The third-order valence-electron chi connectivity index (χ3n) is 2.99. The summed E-state index contributed by atoms with van der Waals surface area (Å²) in [5, 5.41) is 7.66. The van der Waals surface area contributed by atoms with Crippen molar-refractivity contribution in [3.05, 3.63) is 56.7 Å². The molecule has 8 heteroatoms. The van der Waals surface area contributed by atoms with E-state index in [1.807, 2.05) is 30.3 Å². The monoisotopic (exact) mass is 409 g/mol. The number of carbonyl (C=O) groups is 3. The molecular weight excluding hydrogens is 394 g/mol. The Balaban J connectivity index is 1.63. The molecule has 3 N–H and O–H groups in total. The zero-order valence-corrected chi connectivity index (χ0v) is 15.1. The van der Waals surface area contributed by atoms with E-state index in [9.17, 15) is 14.4 Å². The molecule has 0 aliphatic heterocycles. The third kappa shape index (κ3) is 6.13. The maximum atomic E-state index is 11.8. The topological polar surface area (TPSA) is 87.3 Å². The lowest BCUT2D eigenvalue weighted by atomic mass is 10.2. The highest BCUT2D eigenvalue weighted by molar-refractivity contribution is 9.11. The number of carbonyl (C=O) groups excluding carboxylic acids is 3. The standard InChI is InChI=1S/C16H16BrN3O3S/c17-13-7-6-12(24-13)16(23)20-10-15(22)19-9-14(21)18-8-11-4-2-1-3-5-11/h1-7H,8-10H2,(H,18,21)(H,19,22)(H,20,23). The van der Waals surface area contributed by atoms with E-state index >= 15 is 0 Å². The van der Waals surface area contributed by atoms with Gasteiger partial charge in [-0.25, -0.2) is 0 Å². The van der Waals surface area contributed by atoms with E-state index in [0.29, 0.717) is 11.4 Å². The van der Waals surface area contributed by atoms with E-state index in [1.165, 1.54) is 11.3 Å². The molecule has 0 radical (unpaired) electrons. The molecule has 24 heavy (non-hydrogen) atoms. The van der Waals surface area contributed by atoms with Gasteiger partial charge in [-0.2, -0.15) is 0 Å². The average Bonchev–Trinajstić information content (AvgIpc) is 3.03. The number of benzene rings is 1. The highest BCUT2D eigenvalue weighted by atomic mass is 79.9. The van der Waals surface area contributed by atoms with Crippen LogP contribution in [-0.4, -0.2) is 30.8 Å². The van der Waals surface area contributed by atoms with Crippen LogP contribution in [0.25, 0.3) is 0 Å². The molecule has 1 aromatic heterocycles. The zero-order chi connectivity index (χ0) is 17.4. The van der Waals surface area contributed by atoms with Crippen LogP contribution in [0.3, 0.4) is 0 Å². The van der Waals surface area contributed by atoms with Crippen molar-refractivity contribution >= 4 is 45.0 Å².